The Labute approximate surface area is 209 Å². The first-order valence-electron chi connectivity index (χ1n) is 11.6. The van der Waals surface area contributed by atoms with E-state index in [0.717, 1.165) is 62.0 Å². The second-order valence-corrected chi connectivity index (χ2v) is 9.26. The van der Waals surface area contributed by atoms with Crippen molar-refractivity contribution < 1.29 is 4.74 Å². The maximum absolute atomic E-state index is 5.33. The number of aromatic nitrogens is 4. The highest BCUT2D eigenvalue weighted by Crippen LogP contribution is 2.35. The average molecular weight is 482 g/mol. The molecule has 0 unspecified atom stereocenters. The number of benzene rings is 3. The van der Waals surface area contributed by atoms with E-state index in [1.165, 1.54) is 0 Å². The third-order valence-corrected chi connectivity index (χ3v) is 6.91. The summed E-state index contributed by atoms with van der Waals surface area (Å²) in [6.07, 6.45) is 2.87. The Balaban J connectivity index is 1.49. The summed E-state index contributed by atoms with van der Waals surface area (Å²) in [5, 5.41) is 11.5. The van der Waals surface area contributed by atoms with Crippen LogP contribution in [0.4, 0.5) is 11.6 Å². The first kappa shape index (κ1) is 22.9. The standard InChI is InChI=1S/C28H27N5OS/c1-4-16-35-27-26(19(2)33(32-27)23-8-6-5-7-9-23)25-14-15-29-28(31-25)30-22-12-10-21-18-24(34-3)13-11-20(21)17-22/h5-15,17-18H,4,16H2,1-3H3,(H,29,30,31). The lowest BCUT2D eigenvalue weighted by Gasteiger charge is -2.09. The molecule has 2 heterocycles. The van der Waals surface area contributed by atoms with Gasteiger partial charge in [0.25, 0.3) is 0 Å². The van der Waals surface area contributed by atoms with E-state index in [2.05, 4.69) is 54.5 Å². The Morgan fingerprint density at radius 1 is 0.971 bits per heavy atom. The molecule has 3 aromatic carbocycles. The number of rotatable bonds is 8. The fourth-order valence-corrected chi connectivity index (χ4v) is 4.94. The van der Waals surface area contributed by atoms with Crippen molar-refractivity contribution in [2.24, 2.45) is 0 Å². The fourth-order valence-electron chi connectivity index (χ4n) is 4.01. The van der Waals surface area contributed by atoms with Crippen LogP contribution >= 0.6 is 11.8 Å². The topological polar surface area (TPSA) is 64.9 Å². The molecule has 7 heteroatoms. The second-order valence-electron chi connectivity index (χ2n) is 8.18. The normalized spacial score (nSPS) is 11.1. The Morgan fingerprint density at radius 3 is 2.57 bits per heavy atom. The molecule has 0 aliphatic carbocycles. The number of anilines is 2. The van der Waals surface area contributed by atoms with Crippen LogP contribution in [0.15, 0.2) is 84.0 Å². The highest BCUT2D eigenvalue weighted by Gasteiger charge is 2.19. The van der Waals surface area contributed by atoms with E-state index in [4.69, 9.17) is 14.8 Å². The number of hydrogen-bond donors (Lipinski definition) is 1. The maximum Gasteiger partial charge on any atom is 0.227 e. The van der Waals surface area contributed by atoms with Crippen LogP contribution in [0.5, 0.6) is 5.75 Å². The third-order valence-electron chi connectivity index (χ3n) is 5.74. The van der Waals surface area contributed by atoms with Gasteiger partial charge in [0.1, 0.15) is 10.8 Å². The maximum atomic E-state index is 5.33. The summed E-state index contributed by atoms with van der Waals surface area (Å²) in [5.41, 5.74) is 4.92. The molecule has 0 saturated carbocycles. The van der Waals surface area contributed by atoms with E-state index in [0.29, 0.717) is 5.95 Å². The molecular weight excluding hydrogens is 454 g/mol. The highest BCUT2D eigenvalue weighted by molar-refractivity contribution is 7.99. The average Bonchev–Trinajstić information content (AvgIpc) is 3.23. The van der Waals surface area contributed by atoms with Crippen LogP contribution in [0, 0.1) is 6.92 Å². The predicted octanol–water partition coefficient (Wildman–Crippen LogP) is 7.05. The molecule has 0 aliphatic heterocycles. The molecule has 2 aromatic heterocycles. The largest absolute Gasteiger partial charge is 0.497 e. The van der Waals surface area contributed by atoms with Gasteiger partial charge in [0.2, 0.25) is 5.95 Å². The van der Waals surface area contributed by atoms with Crippen molar-refractivity contribution in [1.82, 2.24) is 19.7 Å². The number of methoxy groups -OCH3 is 1. The molecule has 0 radical (unpaired) electrons. The monoisotopic (exact) mass is 481 g/mol. The molecule has 0 spiro atoms. The van der Waals surface area contributed by atoms with Crippen molar-refractivity contribution in [1.29, 1.82) is 0 Å². The summed E-state index contributed by atoms with van der Waals surface area (Å²) >= 11 is 1.76. The van der Waals surface area contributed by atoms with Crippen LogP contribution in [-0.4, -0.2) is 32.6 Å². The summed E-state index contributed by atoms with van der Waals surface area (Å²) in [7, 11) is 1.68. The van der Waals surface area contributed by atoms with E-state index in [1.807, 2.05) is 47.1 Å². The lowest BCUT2D eigenvalue weighted by molar-refractivity contribution is 0.415. The van der Waals surface area contributed by atoms with E-state index in [1.54, 1.807) is 25.1 Å². The zero-order chi connectivity index (χ0) is 24.2. The molecule has 0 saturated heterocycles. The van der Waals surface area contributed by atoms with E-state index >= 15 is 0 Å². The van der Waals surface area contributed by atoms with Gasteiger partial charge in [-0.3, -0.25) is 0 Å². The van der Waals surface area contributed by atoms with Crippen LogP contribution in [-0.2, 0) is 0 Å². The zero-order valence-electron chi connectivity index (χ0n) is 20.0. The van der Waals surface area contributed by atoms with Crippen LogP contribution in [0.2, 0.25) is 0 Å². The van der Waals surface area contributed by atoms with Gasteiger partial charge in [-0.1, -0.05) is 37.3 Å². The number of ether oxygens (including phenoxy) is 1. The van der Waals surface area contributed by atoms with Gasteiger partial charge in [-0.15, -0.1) is 11.8 Å². The third kappa shape index (κ3) is 4.86. The van der Waals surface area contributed by atoms with Crippen LogP contribution in [0.3, 0.4) is 0 Å². The van der Waals surface area contributed by atoms with Gasteiger partial charge in [-0.25, -0.2) is 14.6 Å². The fraction of sp³-hybridized carbons (Fsp3) is 0.179. The molecule has 5 rings (SSSR count). The van der Waals surface area contributed by atoms with Crippen molar-refractivity contribution in [3.8, 4) is 22.7 Å². The quantitative estimate of drug-likeness (QED) is 0.240. The molecule has 0 fully saturated rings. The van der Waals surface area contributed by atoms with Crippen molar-refractivity contribution in [3.05, 3.63) is 84.7 Å². The van der Waals surface area contributed by atoms with E-state index in [-0.39, 0.29) is 0 Å². The Kier molecular flexibility index (Phi) is 6.68. The number of para-hydroxylation sites is 1. The number of fused-ring (bicyclic) bond motifs is 1. The first-order chi connectivity index (χ1) is 17.2. The van der Waals surface area contributed by atoms with Crippen molar-refractivity contribution in [3.63, 3.8) is 0 Å². The molecule has 6 nitrogen and oxygen atoms in total. The Bertz CT molecular complexity index is 1470. The molecule has 0 atom stereocenters. The number of nitrogens with zero attached hydrogens (tertiary/aromatic N) is 4. The molecule has 5 aromatic rings. The second kappa shape index (κ2) is 10.2. The highest BCUT2D eigenvalue weighted by atomic mass is 32.2. The number of thioether (sulfide) groups is 1. The van der Waals surface area contributed by atoms with E-state index < -0.39 is 0 Å². The lowest BCUT2D eigenvalue weighted by Crippen LogP contribution is -2.00. The van der Waals surface area contributed by atoms with Crippen LogP contribution in [0.1, 0.15) is 19.0 Å². The molecule has 0 aliphatic rings. The Hall–Kier alpha value is -3.84. The van der Waals surface area contributed by atoms with Gasteiger partial charge in [0.05, 0.1) is 29.7 Å². The van der Waals surface area contributed by atoms with Gasteiger partial charge < -0.3 is 10.1 Å². The minimum absolute atomic E-state index is 0.550. The van der Waals surface area contributed by atoms with Crippen molar-refractivity contribution in [2.75, 3.05) is 18.2 Å². The van der Waals surface area contributed by atoms with Gasteiger partial charge in [0.15, 0.2) is 0 Å². The summed E-state index contributed by atoms with van der Waals surface area (Å²) in [6.45, 7) is 4.28. The number of hydrogen-bond acceptors (Lipinski definition) is 6. The summed E-state index contributed by atoms with van der Waals surface area (Å²) in [5.74, 6) is 2.39. The smallest absolute Gasteiger partial charge is 0.227 e. The SMILES string of the molecule is CCCSc1nn(-c2ccccc2)c(C)c1-c1ccnc(Nc2ccc3cc(OC)ccc3c2)n1. The molecule has 0 amide bonds. The molecular formula is C28H27N5OS. The minimum atomic E-state index is 0.550. The van der Waals surface area contributed by atoms with Gasteiger partial charge in [0, 0.05) is 11.9 Å². The molecule has 0 bridgehead atoms. The summed E-state index contributed by atoms with van der Waals surface area (Å²) < 4.78 is 7.33. The first-order valence-corrected chi connectivity index (χ1v) is 12.6. The van der Waals surface area contributed by atoms with E-state index in [9.17, 15) is 0 Å². The molecule has 35 heavy (non-hydrogen) atoms. The predicted molar refractivity (Wildman–Crippen MR) is 144 cm³/mol. The summed E-state index contributed by atoms with van der Waals surface area (Å²) in [4.78, 5) is 9.35. The lowest BCUT2D eigenvalue weighted by atomic mass is 10.1. The minimum Gasteiger partial charge on any atom is -0.497 e. The van der Waals surface area contributed by atoms with Gasteiger partial charge in [-0.2, -0.15) is 5.10 Å². The molecule has 1 N–H and O–H groups in total. The Morgan fingerprint density at radius 2 is 1.77 bits per heavy atom. The van der Waals surface area contributed by atoms with Crippen LogP contribution in [0.25, 0.3) is 27.7 Å². The number of nitrogens with one attached hydrogen (secondary N) is 1. The zero-order valence-corrected chi connectivity index (χ0v) is 20.8. The van der Waals surface area contributed by atoms with Gasteiger partial charge in [-0.05, 0) is 72.3 Å². The van der Waals surface area contributed by atoms with Crippen LogP contribution < -0.4 is 10.1 Å². The van der Waals surface area contributed by atoms with Crippen molar-refractivity contribution >= 4 is 34.2 Å². The summed E-state index contributed by atoms with van der Waals surface area (Å²) in [6, 6.07) is 24.4. The molecule has 176 valence electrons. The van der Waals surface area contributed by atoms with Gasteiger partial charge >= 0.3 is 0 Å². The van der Waals surface area contributed by atoms with Crippen molar-refractivity contribution in [2.45, 2.75) is 25.3 Å².